The molecule has 3 heterocycles. The van der Waals surface area contributed by atoms with Gasteiger partial charge < -0.3 is 5.32 Å². The van der Waals surface area contributed by atoms with Crippen LogP contribution in [0.2, 0.25) is 0 Å². The van der Waals surface area contributed by atoms with E-state index < -0.39 is 0 Å². The summed E-state index contributed by atoms with van der Waals surface area (Å²) < 4.78 is 1.86. The zero-order chi connectivity index (χ0) is 13.8. The molecule has 20 heavy (non-hydrogen) atoms. The average molecular weight is 284 g/mol. The molecular formula is C15H16N4S. The number of nitrogens with one attached hydrogen (secondary N) is 1. The summed E-state index contributed by atoms with van der Waals surface area (Å²) in [6.07, 6.45) is 5.66. The van der Waals surface area contributed by atoms with Gasteiger partial charge in [0.15, 0.2) is 0 Å². The lowest BCUT2D eigenvalue weighted by Crippen LogP contribution is -2.11. The number of aryl methyl sites for hydroxylation is 1. The number of thiophene rings is 1. The Hall–Kier alpha value is -1.98. The fraction of sp³-hybridized carbons (Fsp3) is 0.200. The topological polar surface area (TPSA) is 42.7 Å². The van der Waals surface area contributed by atoms with Crippen LogP contribution < -0.4 is 5.32 Å². The first-order chi connectivity index (χ1) is 9.83. The van der Waals surface area contributed by atoms with E-state index in [0.29, 0.717) is 0 Å². The van der Waals surface area contributed by atoms with Gasteiger partial charge in [0.1, 0.15) is 0 Å². The summed E-state index contributed by atoms with van der Waals surface area (Å²) in [6, 6.07) is 8.20. The molecule has 0 saturated heterocycles. The standard InChI is InChI=1S/C15H16N4S/c1-19-11-13(9-17-10-14-3-2-8-20-14)15(18-19)12-4-6-16-7-5-12/h2-8,11,17H,9-10H2,1H3. The minimum Gasteiger partial charge on any atom is -0.308 e. The van der Waals surface area contributed by atoms with E-state index in [0.717, 1.165) is 24.3 Å². The van der Waals surface area contributed by atoms with Gasteiger partial charge in [0.05, 0.1) is 5.69 Å². The molecule has 0 atom stereocenters. The van der Waals surface area contributed by atoms with Crippen molar-refractivity contribution in [3.05, 3.63) is 58.7 Å². The first-order valence-corrected chi connectivity index (χ1v) is 7.37. The lowest BCUT2D eigenvalue weighted by molar-refractivity contribution is 0.699. The molecule has 0 aliphatic rings. The monoisotopic (exact) mass is 284 g/mol. The van der Waals surface area contributed by atoms with E-state index in [1.165, 1.54) is 10.4 Å². The highest BCUT2D eigenvalue weighted by Crippen LogP contribution is 2.21. The van der Waals surface area contributed by atoms with Gasteiger partial charge in [-0.2, -0.15) is 5.10 Å². The fourth-order valence-electron chi connectivity index (χ4n) is 2.15. The Labute approximate surface area is 122 Å². The van der Waals surface area contributed by atoms with E-state index in [-0.39, 0.29) is 0 Å². The second-order valence-corrected chi connectivity index (χ2v) is 5.63. The average Bonchev–Trinajstić information content (AvgIpc) is 3.10. The molecular weight excluding hydrogens is 268 g/mol. The molecule has 0 aliphatic carbocycles. The van der Waals surface area contributed by atoms with Crippen LogP contribution in [0.3, 0.4) is 0 Å². The first-order valence-electron chi connectivity index (χ1n) is 6.49. The zero-order valence-electron chi connectivity index (χ0n) is 11.3. The van der Waals surface area contributed by atoms with Crippen LogP contribution in [0.4, 0.5) is 0 Å². The summed E-state index contributed by atoms with van der Waals surface area (Å²) in [5.74, 6) is 0. The molecule has 0 bridgehead atoms. The van der Waals surface area contributed by atoms with E-state index in [2.05, 4.69) is 39.1 Å². The molecule has 5 heteroatoms. The van der Waals surface area contributed by atoms with Crippen molar-refractivity contribution in [1.82, 2.24) is 20.1 Å². The predicted molar refractivity (Wildman–Crippen MR) is 81.3 cm³/mol. The number of hydrogen-bond donors (Lipinski definition) is 1. The van der Waals surface area contributed by atoms with E-state index >= 15 is 0 Å². The van der Waals surface area contributed by atoms with Gasteiger partial charge in [0.2, 0.25) is 0 Å². The molecule has 0 unspecified atom stereocenters. The van der Waals surface area contributed by atoms with Crippen LogP contribution >= 0.6 is 11.3 Å². The summed E-state index contributed by atoms with van der Waals surface area (Å²) in [4.78, 5) is 5.40. The Morgan fingerprint density at radius 1 is 1.20 bits per heavy atom. The highest BCUT2D eigenvalue weighted by atomic mass is 32.1. The van der Waals surface area contributed by atoms with Crippen LogP contribution in [0.1, 0.15) is 10.4 Å². The SMILES string of the molecule is Cn1cc(CNCc2cccs2)c(-c2ccncc2)n1. The van der Waals surface area contributed by atoms with Crippen molar-refractivity contribution >= 4 is 11.3 Å². The molecule has 3 aromatic heterocycles. The van der Waals surface area contributed by atoms with Crippen LogP contribution in [-0.2, 0) is 20.1 Å². The Morgan fingerprint density at radius 2 is 2.05 bits per heavy atom. The molecule has 3 aromatic rings. The van der Waals surface area contributed by atoms with Crippen molar-refractivity contribution in [3.8, 4) is 11.3 Å². The Bertz CT molecular complexity index is 659. The maximum atomic E-state index is 4.55. The molecule has 0 saturated carbocycles. The van der Waals surface area contributed by atoms with Crippen molar-refractivity contribution in [1.29, 1.82) is 0 Å². The molecule has 0 amide bonds. The highest BCUT2D eigenvalue weighted by molar-refractivity contribution is 7.09. The quantitative estimate of drug-likeness (QED) is 0.783. The smallest absolute Gasteiger partial charge is 0.0969 e. The number of nitrogens with zero attached hydrogens (tertiary/aromatic N) is 3. The third-order valence-electron chi connectivity index (χ3n) is 3.05. The predicted octanol–water partition coefficient (Wildman–Crippen LogP) is 2.83. The summed E-state index contributed by atoms with van der Waals surface area (Å²) in [5.41, 5.74) is 3.33. The van der Waals surface area contributed by atoms with Crippen LogP contribution in [0.25, 0.3) is 11.3 Å². The summed E-state index contributed by atoms with van der Waals surface area (Å²) in [5, 5.41) is 10.1. The number of aromatic nitrogens is 3. The number of rotatable bonds is 5. The Morgan fingerprint density at radius 3 is 2.80 bits per heavy atom. The molecule has 0 spiro atoms. The summed E-state index contributed by atoms with van der Waals surface area (Å²) in [6.45, 7) is 1.70. The van der Waals surface area contributed by atoms with E-state index in [4.69, 9.17) is 0 Å². The molecule has 0 radical (unpaired) electrons. The van der Waals surface area contributed by atoms with Gasteiger partial charge >= 0.3 is 0 Å². The van der Waals surface area contributed by atoms with Gasteiger partial charge in [-0.1, -0.05) is 6.07 Å². The van der Waals surface area contributed by atoms with Crippen molar-refractivity contribution < 1.29 is 0 Å². The Balaban J connectivity index is 1.73. The maximum absolute atomic E-state index is 4.55. The van der Waals surface area contributed by atoms with E-state index in [9.17, 15) is 0 Å². The second-order valence-electron chi connectivity index (χ2n) is 4.60. The number of pyridine rings is 1. The minimum absolute atomic E-state index is 0.809. The van der Waals surface area contributed by atoms with Crippen LogP contribution in [0, 0.1) is 0 Å². The minimum atomic E-state index is 0.809. The third-order valence-corrected chi connectivity index (χ3v) is 3.93. The first kappa shape index (κ1) is 13.0. The largest absolute Gasteiger partial charge is 0.308 e. The molecule has 102 valence electrons. The third kappa shape index (κ3) is 2.95. The molecule has 1 N–H and O–H groups in total. The van der Waals surface area contributed by atoms with Gasteiger partial charge in [-0.15, -0.1) is 11.3 Å². The van der Waals surface area contributed by atoms with Crippen molar-refractivity contribution in [2.24, 2.45) is 7.05 Å². The summed E-state index contributed by atoms with van der Waals surface area (Å²) >= 11 is 1.77. The van der Waals surface area contributed by atoms with Gasteiger partial charge in [0.25, 0.3) is 0 Å². The molecule has 0 aromatic carbocycles. The normalized spacial score (nSPS) is 10.8. The van der Waals surface area contributed by atoms with E-state index in [1.54, 1.807) is 23.7 Å². The highest BCUT2D eigenvalue weighted by Gasteiger charge is 2.09. The van der Waals surface area contributed by atoms with Crippen LogP contribution in [-0.4, -0.2) is 14.8 Å². The fourth-order valence-corrected chi connectivity index (χ4v) is 2.83. The molecule has 0 aliphatic heterocycles. The van der Waals surface area contributed by atoms with Gasteiger partial charge in [-0.05, 0) is 23.6 Å². The number of hydrogen-bond acceptors (Lipinski definition) is 4. The van der Waals surface area contributed by atoms with Gasteiger partial charge in [-0.25, -0.2) is 0 Å². The lowest BCUT2D eigenvalue weighted by Gasteiger charge is -2.04. The van der Waals surface area contributed by atoms with E-state index in [1.807, 2.05) is 23.9 Å². The molecule has 0 fully saturated rings. The summed E-state index contributed by atoms with van der Waals surface area (Å²) in [7, 11) is 1.95. The van der Waals surface area contributed by atoms with Crippen molar-refractivity contribution in [2.75, 3.05) is 0 Å². The lowest BCUT2D eigenvalue weighted by atomic mass is 10.1. The van der Waals surface area contributed by atoms with Crippen LogP contribution in [0.15, 0.2) is 48.2 Å². The van der Waals surface area contributed by atoms with Gasteiger partial charge in [-0.3, -0.25) is 9.67 Å². The molecule has 3 rings (SSSR count). The maximum Gasteiger partial charge on any atom is 0.0969 e. The Kier molecular flexibility index (Phi) is 3.90. The van der Waals surface area contributed by atoms with Crippen LogP contribution in [0.5, 0.6) is 0 Å². The zero-order valence-corrected chi connectivity index (χ0v) is 12.1. The van der Waals surface area contributed by atoms with Crippen molar-refractivity contribution in [3.63, 3.8) is 0 Å². The van der Waals surface area contributed by atoms with Gasteiger partial charge in [0, 0.05) is 54.7 Å². The van der Waals surface area contributed by atoms with Crippen molar-refractivity contribution in [2.45, 2.75) is 13.1 Å². The second kappa shape index (κ2) is 5.98. The molecule has 4 nitrogen and oxygen atoms in total.